The maximum Gasteiger partial charge on any atom is 1.00 e. The third-order valence-electron chi connectivity index (χ3n) is 0.354. The summed E-state index contributed by atoms with van der Waals surface area (Å²) in [7, 11) is -3.82. The molecule has 0 aliphatic carbocycles. The van der Waals surface area contributed by atoms with Crippen LogP contribution in [-0.4, -0.2) is 14.7 Å². The van der Waals surface area contributed by atoms with Gasteiger partial charge in [-0.15, -0.1) is 0 Å². The van der Waals surface area contributed by atoms with Crippen LogP contribution in [0.15, 0.2) is 12.7 Å². The fraction of sp³-hybridized carbons (Fsp3) is 0. The molecule has 54 valence electrons. The Labute approximate surface area is 87.1 Å². The number of carbonyl (C=O) groups is 1. The van der Waals surface area contributed by atoms with E-state index < -0.39 is 15.0 Å². The maximum absolute atomic E-state index is 10.1. The van der Waals surface area contributed by atoms with Gasteiger partial charge in [0.15, 0.2) is 0 Å². The summed E-state index contributed by atoms with van der Waals surface area (Å²) >= 11 is 3.82. The molecule has 0 saturated heterocycles. The Hall–Kier alpha value is 0.540. The SMILES string of the molecule is C=CC(=O)OS(=O)(O)=S.[H-].[Na+]. The van der Waals surface area contributed by atoms with E-state index in [0.717, 1.165) is 6.08 Å². The first-order valence-corrected chi connectivity index (χ1v) is 4.15. The van der Waals surface area contributed by atoms with Gasteiger partial charge < -0.3 is 5.61 Å². The van der Waals surface area contributed by atoms with Gasteiger partial charge in [-0.05, 0) is 0 Å². The first-order valence-electron chi connectivity index (χ1n) is 1.79. The molecule has 0 amide bonds. The van der Waals surface area contributed by atoms with E-state index in [4.69, 9.17) is 4.55 Å². The van der Waals surface area contributed by atoms with Crippen LogP contribution < -0.4 is 29.6 Å². The van der Waals surface area contributed by atoms with Crippen molar-refractivity contribution in [2.45, 2.75) is 0 Å². The zero-order chi connectivity index (χ0) is 7.49. The molecule has 4 nitrogen and oxygen atoms in total. The predicted molar refractivity (Wildman–Crippen MR) is 35.5 cm³/mol. The molecule has 0 aromatic carbocycles. The zero-order valence-electron chi connectivity index (χ0n) is 6.27. The van der Waals surface area contributed by atoms with Crippen LogP contribution in [-0.2, 0) is 29.2 Å². The molecule has 7 heteroatoms. The average molecular weight is 192 g/mol. The summed E-state index contributed by atoms with van der Waals surface area (Å²) in [6.45, 7) is 2.99. The topological polar surface area (TPSA) is 63.6 Å². The fourth-order valence-electron chi connectivity index (χ4n) is 0.138. The molecule has 0 aromatic rings. The van der Waals surface area contributed by atoms with Gasteiger partial charge in [-0.1, -0.05) is 6.58 Å². The first kappa shape index (κ1) is 13.2. The fourth-order valence-corrected chi connectivity index (χ4v) is 0.615. The molecule has 1 N–H and O–H groups in total. The summed E-state index contributed by atoms with van der Waals surface area (Å²) in [5.41, 5.74) is 0. The minimum atomic E-state index is -3.82. The minimum absolute atomic E-state index is 0. The van der Waals surface area contributed by atoms with Gasteiger partial charge in [0.05, 0.1) is 11.2 Å². The van der Waals surface area contributed by atoms with Crippen LogP contribution in [0.2, 0.25) is 0 Å². The van der Waals surface area contributed by atoms with E-state index in [1.165, 1.54) is 0 Å². The summed E-state index contributed by atoms with van der Waals surface area (Å²) in [4.78, 5) is 10.1. The van der Waals surface area contributed by atoms with E-state index in [1.807, 2.05) is 0 Å². The molecular weight excluding hydrogens is 187 g/mol. The average Bonchev–Trinajstić information content (AvgIpc) is 1.62. The Kier molecular flexibility index (Phi) is 6.87. The van der Waals surface area contributed by atoms with Gasteiger partial charge in [-0.2, -0.15) is 4.21 Å². The van der Waals surface area contributed by atoms with Crippen molar-refractivity contribution in [2.75, 3.05) is 0 Å². The molecule has 0 radical (unpaired) electrons. The summed E-state index contributed by atoms with van der Waals surface area (Å²) in [5.74, 6) is -1.00. The molecule has 10 heavy (non-hydrogen) atoms. The number of hydrogen-bond donors (Lipinski definition) is 1. The van der Waals surface area contributed by atoms with Gasteiger partial charge in [0.2, 0.25) is 0 Å². The molecule has 0 saturated carbocycles. The van der Waals surface area contributed by atoms with Crippen molar-refractivity contribution in [1.29, 1.82) is 0 Å². The van der Waals surface area contributed by atoms with Crippen molar-refractivity contribution in [2.24, 2.45) is 0 Å². The van der Waals surface area contributed by atoms with Crippen LogP contribution in [0.25, 0.3) is 0 Å². The van der Waals surface area contributed by atoms with Crippen molar-refractivity contribution in [1.82, 2.24) is 0 Å². The quantitative estimate of drug-likeness (QED) is 0.372. The van der Waals surface area contributed by atoms with Gasteiger partial charge >= 0.3 is 44.6 Å². The number of carbonyl (C=O) groups excluding carboxylic acids is 1. The maximum atomic E-state index is 10.1. The van der Waals surface area contributed by atoms with Crippen LogP contribution in [0.3, 0.4) is 0 Å². The third kappa shape index (κ3) is 8.54. The van der Waals surface area contributed by atoms with Crippen molar-refractivity contribution in [3.63, 3.8) is 0 Å². The zero-order valence-corrected chi connectivity index (χ0v) is 8.91. The Morgan fingerprint density at radius 2 is 2.30 bits per heavy atom. The minimum Gasteiger partial charge on any atom is -1.00 e. The molecule has 0 rings (SSSR count). The standard InChI is InChI=1S/C3H4O4S2.Na.H/c1-2-3(4)7-9(5,6)8;;/h2H,1H2,(H,5,6,8);;/q;+1;-1. The van der Waals surface area contributed by atoms with Gasteiger partial charge in [0.25, 0.3) is 0 Å². The molecule has 1 unspecified atom stereocenters. The Balaban J connectivity index is -0.000000320. The van der Waals surface area contributed by atoms with Crippen LogP contribution >= 0.6 is 0 Å². The monoisotopic (exact) mass is 192 g/mol. The molecule has 0 bridgehead atoms. The van der Waals surface area contributed by atoms with Crippen molar-refractivity contribution >= 4 is 26.2 Å². The van der Waals surface area contributed by atoms with Crippen LogP contribution in [0.4, 0.5) is 0 Å². The predicted octanol–water partition coefficient (Wildman–Crippen LogP) is -3.03. The number of hydrogen-bond acceptors (Lipinski definition) is 4. The van der Waals surface area contributed by atoms with E-state index in [9.17, 15) is 9.00 Å². The van der Waals surface area contributed by atoms with Gasteiger partial charge in [-0.25, -0.2) is 4.79 Å². The van der Waals surface area contributed by atoms with E-state index in [-0.39, 0.29) is 31.0 Å². The van der Waals surface area contributed by atoms with Gasteiger partial charge in [-0.3, -0.25) is 4.55 Å². The summed E-state index contributed by atoms with van der Waals surface area (Å²) in [6.07, 6.45) is 0.752. The number of rotatable bonds is 2. The van der Waals surface area contributed by atoms with Crippen molar-refractivity contribution < 1.29 is 48.7 Å². The molecule has 0 fully saturated rings. The molecule has 1 atom stereocenters. The van der Waals surface area contributed by atoms with Gasteiger partial charge in [0, 0.05) is 6.08 Å². The second-order valence-corrected chi connectivity index (χ2v) is 3.32. The normalized spacial score (nSPS) is 14.1. The first-order chi connectivity index (χ1) is 3.95. The van der Waals surface area contributed by atoms with E-state index in [0.29, 0.717) is 0 Å². The van der Waals surface area contributed by atoms with Crippen LogP contribution in [0.1, 0.15) is 1.43 Å². The van der Waals surface area contributed by atoms with Crippen LogP contribution in [0, 0.1) is 0 Å². The second-order valence-electron chi connectivity index (χ2n) is 1.03. The summed E-state index contributed by atoms with van der Waals surface area (Å²) < 4.78 is 21.9. The smallest absolute Gasteiger partial charge is 1.00 e. The van der Waals surface area contributed by atoms with Gasteiger partial charge in [0.1, 0.15) is 0 Å². The molecular formula is C3H5NaO4S2. The molecule has 0 heterocycles. The molecule has 0 aliphatic rings. The molecule has 0 aliphatic heterocycles. The second kappa shape index (κ2) is 5.22. The molecule has 0 aromatic heterocycles. The Morgan fingerprint density at radius 3 is 2.40 bits per heavy atom. The van der Waals surface area contributed by atoms with E-state index in [2.05, 4.69) is 22.0 Å². The van der Waals surface area contributed by atoms with E-state index >= 15 is 0 Å². The van der Waals surface area contributed by atoms with Crippen molar-refractivity contribution in [3.8, 4) is 0 Å². The van der Waals surface area contributed by atoms with Crippen LogP contribution in [0.5, 0.6) is 0 Å². The molecule has 0 spiro atoms. The van der Waals surface area contributed by atoms with E-state index in [1.54, 1.807) is 0 Å². The Morgan fingerprint density at radius 1 is 1.90 bits per heavy atom. The third-order valence-corrected chi connectivity index (χ3v) is 0.933. The Bertz CT molecular complexity index is 223. The van der Waals surface area contributed by atoms with Crippen molar-refractivity contribution in [3.05, 3.63) is 12.7 Å². The summed E-state index contributed by atoms with van der Waals surface area (Å²) in [6, 6.07) is 0. The largest absolute Gasteiger partial charge is 1.00 e. The summed E-state index contributed by atoms with van der Waals surface area (Å²) in [5, 5.41) is 0.